The smallest absolute Gasteiger partial charge is 0.240 e. The number of carbonyl (C=O) groups excluding carboxylic acids is 2. The predicted octanol–water partition coefficient (Wildman–Crippen LogP) is 2.55. The van der Waals surface area contributed by atoms with Crippen LogP contribution >= 0.6 is 11.6 Å². The Kier molecular flexibility index (Phi) is 6.16. The lowest BCUT2D eigenvalue weighted by atomic mass is 9.72. The number of halogens is 1. The van der Waals surface area contributed by atoms with Gasteiger partial charge in [-0.1, -0.05) is 49.6 Å². The highest BCUT2D eigenvalue weighted by Gasteiger charge is 2.63. The van der Waals surface area contributed by atoms with Crippen LogP contribution in [-0.4, -0.2) is 46.4 Å². The van der Waals surface area contributed by atoms with E-state index in [9.17, 15) is 19.8 Å². The minimum absolute atomic E-state index is 0.146. The number of hydrogen-bond acceptors (Lipinski definition) is 6. The number of methoxy groups -OCH3 is 1. The van der Waals surface area contributed by atoms with Gasteiger partial charge in [0.25, 0.3) is 0 Å². The van der Waals surface area contributed by atoms with Gasteiger partial charge in [-0.2, -0.15) is 0 Å². The van der Waals surface area contributed by atoms with Crippen LogP contribution in [-0.2, 0) is 19.1 Å². The van der Waals surface area contributed by atoms with E-state index in [0.717, 1.165) is 18.9 Å². The van der Waals surface area contributed by atoms with Gasteiger partial charge in [-0.05, 0) is 31.9 Å². The zero-order valence-corrected chi connectivity index (χ0v) is 16.8. The number of carbonyl (C=O) groups is 2. The fourth-order valence-electron chi connectivity index (χ4n) is 3.03. The molecule has 2 aliphatic rings. The number of hydrogen-bond donors (Lipinski definition) is 2. The van der Waals surface area contributed by atoms with Gasteiger partial charge in [0.2, 0.25) is 23.5 Å². The molecule has 4 unspecified atom stereocenters. The third-order valence-electron chi connectivity index (χ3n) is 4.86. The number of allylic oxidation sites excluding steroid dienone is 4. The molecule has 0 bridgehead atoms. The second-order valence-electron chi connectivity index (χ2n) is 7.09. The molecule has 1 heterocycles. The molecule has 0 saturated carbocycles. The topological polar surface area (TPSA) is 93.1 Å². The van der Waals surface area contributed by atoms with E-state index in [-0.39, 0.29) is 11.3 Å². The molecule has 7 heteroatoms. The van der Waals surface area contributed by atoms with Crippen LogP contribution in [0.25, 0.3) is 0 Å². The van der Waals surface area contributed by atoms with Gasteiger partial charge in [-0.25, -0.2) is 0 Å². The molecule has 0 radical (unpaired) electrons. The van der Waals surface area contributed by atoms with Crippen LogP contribution in [0.2, 0.25) is 0 Å². The summed E-state index contributed by atoms with van der Waals surface area (Å²) in [6.07, 6.45) is 6.41. The van der Waals surface area contributed by atoms with E-state index in [1.54, 1.807) is 6.08 Å². The van der Waals surface area contributed by atoms with Gasteiger partial charge in [0.1, 0.15) is 5.76 Å². The van der Waals surface area contributed by atoms with Gasteiger partial charge in [-0.15, -0.1) is 0 Å². The van der Waals surface area contributed by atoms with E-state index in [0.29, 0.717) is 5.92 Å². The van der Waals surface area contributed by atoms with Crippen molar-refractivity contribution in [2.45, 2.75) is 51.6 Å². The first kappa shape index (κ1) is 21.6. The summed E-state index contributed by atoms with van der Waals surface area (Å²) in [5, 5.41) is 20.7. The second kappa shape index (κ2) is 7.72. The second-order valence-corrected chi connectivity index (χ2v) is 7.46. The average molecular weight is 397 g/mol. The van der Waals surface area contributed by atoms with Gasteiger partial charge in [0.15, 0.2) is 5.60 Å². The SMILES string of the molecule is CCC(C)/C=C(C)/C=C/C1=CC2=C(Cl)C(=O)C(C)(O)C(=O)C2(O)C(OC)O1. The van der Waals surface area contributed by atoms with Crippen molar-refractivity contribution >= 4 is 23.2 Å². The number of ether oxygens (including phenoxy) is 2. The molecule has 4 atom stereocenters. The number of rotatable bonds is 5. The molecule has 27 heavy (non-hydrogen) atoms. The highest BCUT2D eigenvalue weighted by molar-refractivity contribution is 6.48. The Balaban J connectivity index is 2.51. The molecule has 1 aliphatic heterocycles. The number of fused-ring (bicyclic) bond motifs is 1. The van der Waals surface area contributed by atoms with Crippen LogP contribution < -0.4 is 0 Å². The van der Waals surface area contributed by atoms with Crippen LogP contribution in [0.1, 0.15) is 34.1 Å². The van der Waals surface area contributed by atoms with Crippen LogP contribution in [0.5, 0.6) is 0 Å². The van der Waals surface area contributed by atoms with Gasteiger partial charge >= 0.3 is 0 Å². The lowest BCUT2D eigenvalue weighted by Crippen LogP contribution is -2.66. The Morgan fingerprint density at radius 2 is 2.07 bits per heavy atom. The third kappa shape index (κ3) is 3.67. The van der Waals surface area contributed by atoms with Crippen molar-refractivity contribution in [1.82, 2.24) is 0 Å². The Labute approximate surface area is 163 Å². The minimum Gasteiger partial charge on any atom is -0.461 e. The Morgan fingerprint density at radius 1 is 1.44 bits per heavy atom. The summed E-state index contributed by atoms with van der Waals surface area (Å²) in [5.41, 5.74) is -4.00. The highest BCUT2D eigenvalue weighted by atomic mass is 35.5. The molecule has 148 valence electrons. The van der Waals surface area contributed by atoms with Gasteiger partial charge < -0.3 is 19.7 Å². The van der Waals surface area contributed by atoms with Crippen molar-refractivity contribution in [2.24, 2.45) is 5.92 Å². The molecule has 0 amide bonds. The molecule has 0 saturated heterocycles. The summed E-state index contributed by atoms with van der Waals surface area (Å²) in [7, 11) is 1.24. The molecule has 0 aromatic heterocycles. The van der Waals surface area contributed by atoms with Gasteiger partial charge in [0.05, 0.1) is 5.03 Å². The summed E-state index contributed by atoms with van der Waals surface area (Å²) < 4.78 is 10.7. The molecule has 0 fully saturated rings. The Hall–Kier alpha value is -1.73. The number of ketones is 2. The van der Waals surface area contributed by atoms with Crippen molar-refractivity contribution in [2.75, 3.05) is 7.11 Å². The Bertz CT molecular complexity index is 773. The average Bonchev–Trinajstić information content (AvgIpc) is 2.63. The highest BCUT2D eigenvalue weighted by Crippen LogP contribution is 2.43. The van der Waals surface area contributed by atoms with Crippen molar-refractivity contribution in [1.29, 1.82) is 0 Å². The van der Waals surface area contributed by atoms with E-state index >= 15 is 0 Å². The molecule has 0 aromatic carbocycles. The lowest BCUT2D eigenvalue weighted by Gasteiger charge is -2.44. The molecule has 6 nitrogen and oxygen atoms in total. The Morgan fingerprint density at radius 3 is 2.63 bits per heavy atom. The van der Waals surface area contributed by atoms with Gasteiger partial charge in [0, 0.05) is 12.7 Å². The maximum Gasteiger partial charge on any atom is 0.240 e. The first-order valence-corrected chi connectivity index (χ1v) is 9.10. The van der Waals surface area contributed by atoms with Crippen LogP contribution in [0.15, 0.2) is 46.2 Å². The van der Waals surface area contributed by atoms with Crippen LogP contribution in [0, 0.1) is 5.92 Å². The summed E-state index contributed by atoms with van der Waals surface area (Å²) in [6.45, 7) is 7.12. The maximum atomic E-state index is 12.6. The third-order valence-corrected chi connectivity index (χ3v) is 5.24. The van der Waals surface area contributed by atoms with E-state index in [1.807, 2.05) is 13.0 Å². The lowest BCUT2D eigenvalue weighted by molar-refractivity contribution is -0.210. The first-order valence-electron chi connectivity index (χ1n) is 8.72. The molecular weight excluding hydrogens is 372 g/mol. The number of aliphatic hydroxyl groups is 2. The monoisotopic (exact) mass is 396 g/mol. The van der Waals surface area contributed by atoms with Crippen LogP contribution in [0.3, 0.4) is 0 Å². The fourth-order valence-corrected chi connectivity index (χ4v) is 3.42. The molecular formula is C20H25ClO6. The summed E-state index contributed by atoms with van der Waals surface area (Å²) in [6, 6.07) is 0. The van der Waals surface area contributed by atoms with E-state index in [2.05, 4.69) is 19.9 Å². The van der Waals surface area contributed by atoms with Crippen molar-refractivity contribution in [3.63, 3.8) is 0 Å². The standard InChI is InChI=1S/C20H25ClO6/c1-6-11(2)9-12(3)7-8-13-10-14-15(21)16(22)19(4,24)17(23)20(14,25)18(26-5)27-13/h7-11,18,24-25H,6H2,1-5H3/b8-7+,12-9+. The normalized spacial score (nSPS) is 33.1. The van der Waals surface area contributed by atoms with Crippen molar-refractivity contribution < 1.29 is 29.3 Å². The number of Topliss-reactive ketones (excluding diaryl/α,β-unsaturated/α-hetero) is 2. The fraction of sp³-hybridized carbons (Fsp3) is 0.500. The quantitative estimate of drug-likeness (QED) is 0.548. The molecule has 2 N–H and O–H groups in total. The van der Waals surface area contributed by atoms with E-state index in [1.165, 1.54) is 13.2 Å². The van der Waals surface area contributed by atoms with E-state index in [4.69, 9.17) is 21.1 Å². The van der Waals surface area contributed by atoms with Crippen molar-refractivity contribution in [3.05, 3.63) is 46.2 Å². The molecule has 1 aliphatic carbocycles. The van der Waals surface area contributed by atoms with Crippen LogP contribution in [0.4, 0.5) is 0 Å². The first-order chi connectivity index (χ1) is 12.5. The molecule has 0 aromatic rings. The summed E-state index contributed by atoms with van der Waals surface area (Å²) >= 11 is 6.08. The summed E-state index contributed by atoms with van der Waals surface area (Å²) in [4.78, 5) is 24.9. The van der Waals surface area contributed by atoms with Gasteiger partial charge in [-0.3, -0.25) is 9.59 Å². The minimum atomic E-state index is -2.47. The van der Waals surface area contributed by atoms with Crippen molar-refractivity contribution in [3.8, 4) is 0 Å². The largest absolute Gasteiger partial charge is 0.461 e. The maximum absolute atomic E-state index is 12.6. The predicted molar refractivity (Wildman–Crippen MR) is 101 cm³/mol. The summed E-state index contributed by atoms with van der Waals surface area (Å²) in [5.74, 6) is -1.43. The van der Waals surface area contributed by atoms with E-state index < -0.39 is 34.1 Å². The molecule has 0 spiro atoms. The molecule has 2 rings (SSSR count). The zero-order valence-electron chi connectivity index (χ0n) is 16.1. The zero-order chi connectivity index (χ0) is 20.6.